The molecule has 1 saturated heterocycles. The van der Waals surface area contributed by atoms with Gasteiger partial charge in [0, 0.05) is 40.9 Å². The van der Waals surface area contributed by atoms with Crippen molar-refractivity contribution < 1.29 is 33.4 Å². The number of rotatable bonds is 19. The normalized spacial score (nSPS) is 17.1. The van der Waals surface area contributed by atoms with Gasteiger partial charge in [-0.1, -0.05) is 54.4 Å². The molecule has 6 atom stereocenters. The number of carbonyl (C=O) groups is 5. The van der Waals surface area contributed by atoms with Gasteiger partial charge in [0.1, 0.15) is 0 Å². The van der Waals surface area contributed by atoms with Crippen LogP contribution in [0.3, 0.4) is 0 Å². The predicted octanol–water partition coefficient (Wildman–Crippen LogP) is 3.06. The van der Waals surface area contributed by atoms with Gasteiger partial charge in [-0.2, -0.15) is 0 Å². The molecule has 0 aromatic heterocycles. The second-order valence-corrected chi connectivity index (χ2v) is 13.2. The summed E-state index contributed by atoms with van der Waals surface area (Å²) >= 11 is 0. The minimum Gasteiger partial charge on any atom is -0.379 e. The third-order valence-electron chi connectivity index (χ3n) is 9.31. The van der Waals surface area contributed by atoms with E-state index in [-0.39, 0.29) is 61.0 Å². The maximum Gasteiger partial charge on any atom is 0.242 e. The molecule has 0 aliphatic carbocycles. The van der Waals surface area contributed by atoms with Crippen molar-refractivity contribution in [2.24, 2.45) is 11.8 Å². The first-order valence-electron chi connectivity index (χ1n) is 18.1. The smallest absolute Gasteiger partial charge is 0.242 e. The molecule has 1 aliphatic heterocycles. The molecule has 49 heavy (non-hydrogen) atoms. The number of ether oxygens (including phenoxy) is 2. The summed E-state index contributed by atoms with van der Waals surface area (Å²) in [6.45, 7) is 21.6. The Morgan fingerprint density at radius 1 is 0.918 bits per heavy atom. The fourth-order valence-electron chi connectivity index (χ4n) is 5.72. The van der Waals surface area contributed by atoms with Gasteiger partial charge in [0.15, 0.2) is 0 Å². The number of nitrogens with one attached hydrogen (secondary N) is 3. The lowest BCUT2D eigenvalue weighted by atomic mass is 9.91. The van der Waals surface area contributed by atoms with E-state index in [1.165, 1.54) is 6.42 Å². The van der Waals surface area contributed by atoms with E-state index >= 15 is 0 Å². The van der Waals surface area contributed by atoms with Crippen LogP contribution < -0.4 is 16.0 Å². The summed E-state index contributed by atoms with van der Waals surface area (Å²) in [6, 6.07) is -0.0894. The standard InChI is InChI=1S/C17H35N3O3.C16H29N3O4.C3H8/c1-9-12(3)15(13(10-2)23-8)20(7)14(21)11-19-16(22)17(4,5)18-6;1-5-18(6-2)14(21)10-17-16(22)12(3)15(23-4)13-8-7-9-19(13)11-20;1-3-2/h12-13,15,18H,9-11H2,1-8H3,(H,19,22);11-13,15H,5-10H2,1-4H3,(H,17,22);3H2,1-2H3. The molecule has 0 saturated carbocycles. The third kappa shape index (κ3) is 16.2. The van der Waals surface area contributed by atoms with Crippen LogP contribution in [0.25, 0.3) is 0 Å². The van der Waals surface area contributed by atoms with Crippen LogP contribution in [-0.2, 0) is 33.4 Å². The summed E-state index contributed by atoms with van der Waals surface area (Å²) < 4.78 is 11.1. The molecule has 0 aromatic rings. The largest absolute Gasteiger partial charge is 0.379 e. The number of likely N-dealkylation sites (N-methyl/N-ethyl adjacent to an activating group) is 3. The lowest BCUT2D eigenvalue weighted by Gasteiger charge is -2.37. The molecular formula is C36H72N6O7. The first kappa shape index (κ1) is 48.3. The number of amides is 5. The van der Waals surface area contributed by atoms with Crippen molar-refractivity contribution in [2.45, 2.75) is 131 Å². The number of methoxy groups -OCH3 is 2. The molecular weight excluding hydrogens is 628 g/mol. The molecule has 5 amide bonds. The van der Waals surface area contributed by atoms with Crippen LogP contribution in [0.4, 0.5) is 0 Å². The Morgan fingerprint density at radius 2 is 1.47 bits per heavy atom. The zero-order valence-corrected chi connectivity index (χ0v) is 33.3. The zero-order chi connectivity index (χ0) is 38.3. The highest BCUT2D eigenvalue weighted by molar-refractivity contribution is 5.89. The van der Waals surface area contributed by atoms with E-state index in [0.717, 1.165) is 32.1 Å². The number of hydrogen-bond acceptors (Lipinski definition) is 8. The number of likely N-dealkylation sites (tertiary alicyclic amines) is 1. The fraction of sp³-hybridized carbons (Fsp3) is 0.861. The van der Waals surface area contributed by atoms with E-state index in [9.17, 15) is 24.0 Å². The molecule has 1 rings (SSSR count). The van der Waals surface area contributed by atoms with Gasteiger partial charge >= 0.3 is 0 Å². The van der Waals surface area contributed by atoms with Gasteiger partial charge < -0.3 is 40.1 Å². The first-order chi connectivity index (χ1) is 23.1. The highest BCUT2D eigenvalue weighted by Gasteiger charge is 2.37. The van der Waals surface area contributed by atoms with E-state index in [1.54, 1.807) is 63.8 Å². The summed E-state index contributed by atoms with van der Waals surface area (Å²) in [5, 5.41) is 8.32. The third-order valence-corrected chi connectivity index (χ3v) is 9.31. The first-order valence-corrected chi connectivity index (χ1v) is 18.1. The van der Waals surface area contributed by atoms with E-state index in [1.807, 2.05) is 13.8 Å². The second kappa shape index (κ2) is 26.1. The lowest BCUT2D eigenvalue weighted by molar-refractivity contribution is -0.138. The number of carbonyl (C=O) groups excluding carboxylic acids is 5. The molecule has 3 N–H and O–H groups in total. The van der Waals surface area contributed by atoms with Gasteiger partial charge in [-0.3, -0.25) is 24.0 Å². The monoisotopic (exact) mass is 701 g/mol. The number of nitrogens with zero attached hydrogens (tertiary/aromatic N) is 3. The lowest BCUT2D eigenvalue weighted by Crippen LogP contribution is -2.55. The fourth-order valence-corrected chi connectivity index (χ4v) is 5.72. The Labute approximate surface area is 297 Å². The Balaban J connectivity index is 0. The molecule has 6 unspecified atom stereocenters. The Bertz CT molecular complexity index is 958. The SMILES string of the molecule is CCC.CCC(C)C(C(CC)OC)N(C)C(=O)CNC(=O)C(C)(C)NC.CCN(CC)C(=O)CNC(=O)C(C)C(OC)C1CCCN1C=O. The molecule has 13 nitrogen and oxygen atoms in total. The van der Waals surface area contributed by atoms with Crippen molar-refractivity contribution >= 4 is 30.0 Å². The number of hydrogen-bond donors (Lipinski definition) is 3. The van der Waals surface area contributed by atoms with E-state index in [2.05, 4.69) is 50.6 Å². The minimum atomic E-state index is -0.701. The Morgan fingerprint density at radius 3 is 1.90 bits per heavy atom. The summed E-state index contributed by atoms with van der Waals surface area (Å²) in [7, 11) is 6.74. The highest BCUT2D eigenvalue weighted by Crippen LogP contribution is 2.25. The molecule has 0 radical (unpaired) electrons. The van der Waals surface area contributed by atoms with Crippen LogP contribution in [0.2, 0.25) is 0 Å². The Kier molecular flexibility index (Phi) is 25.7. The summed E-state index contributed by atoms with van der Waals surface area (Å²) in [5.41, 5.74) is -0.701. The second-order valence-electron chi connectivity index (χ2n) is 13.2. The summed E-state index contributed by atoms with van der Waals surface area (Å²) in [4.78, 5) is 65.0. The van der Waals surface area contributed by atoms with Crippen LogP contribution >= 0.6 is 0 Å². The topological polar surface area (TPSA) is 150 Å². The molecule has 0 aromatic carbocycles. The molecule has 288 valence electrons. The Hall–Kier alpha value is -2.77. The predicted molar refractivity (Wildman–Crippen MR) is 196 cm³/mol. The van der Waals surface area contributed by atoms with E-state index < -0.39 is 11.5 Å². The zero-order valence-electron chi connectivity index (χ0n) is 33.3. The molecule has 13 heteroatoms. The van der Waals surface area contributed by atoms with Gasteiger partial charge in [-0.05, 0) is 59.9 Å². The molecule has 1 aliphatic rings. The molecule has 1 heterocycles. The van der Waals surface area contributed by atoms with Gasteiger partial charge in [0.25, 0.3) is 0 Å². The van der Waals surface area contributed by atoms with Crippen molar-refractivity contribution in [2.75, 3.05) is 61.0 Å². The quantitative estimate of drug-likeness (QED) is 0.174. The van der Waals surface area contributed by atoms with Crippen LogP contribution in [0.15, 0.2) is 0 Å². The van der Waals surface area contributed by atoms with Crippen molar-refractivity contribution in [3.05, 3.63) is 0 Å². The van der Waals surface area contributed by atoms with Crippen LogP contribution in [-0.4, -0.2) is 136 Å². The van der Waals surface area contributed by atoms with Crippen molar-refractivity contribution in [3.63, 3.8) is 0 Å². The summed E-state index contributed by atoms with van der Waals surface area (Å²) in [6.07, 6.45) is 5.22. The van der Waals surface area contributed by atoms with Gasteiger partial charge in [0.2, 0.25) is 30.0 Å². The molecule has 0 bridgehead atoms. The minimum absolute atomic E-state index is 0.00304. The van der Waals surface area contributed by atoms with E-state index in [0.29, 0.717) is 25.6 Å². The van der Waals surface area contributed by atoms with Gasteiger partial charge in [-0.15, -0.1) is 0 Å². The summed E-state index contributed by atoms with van der Waals surface area (Å²) in [5.74, 6) is -0.741. The van der Waals surface area contributed by atoms with Gasteiger partial charge in [-0.25, -0.2) is 0 Å². The maximum absolute atomic E-state index is 12.5. The average Bonchev–Trinajstić information content (AvgIpc) is 3.57. The van der Waals surface area contributed by atoms with Crippen molar-refractivity contribution in [1.82, 2.24) is 30.7 Å². The van der Waals surface area contributed by atoms with Crippen LogP contribution in [0, 0.1) is 11.8 Å². The van der Waals surface area contributed by atoms with Crippen LogP contribution in [0.5, 0.6) is 0 Å². The maximum atomic E-state index is 12.5. The van der Waals surface area contributed by atoms with Crippen LogP contribution in [0.1, 0.15) is 101 Å². The van der Waals surface area contributed by atoms with Crippen molar-refractivity contribution in [1.29, 1.82) is 0 Å². The van der Waals surface area contributed by atoms with E-state index in [4.69, 9.17) is 9.47 Å². The molecule has 0 spiro atoms. The van der Waals surface area contributed by atoms with Crippen molar-refractivity contribution in [3.8, 4) is 0 Å². The average molecular weight is 701 g/mol. The molecule has 1 fully saturated rings. The van der Waals surface area contributed by atoms with Gasteiger partial charge in [0.05, 0.1) is 48.8 Å². The highest BCUT2D eigenvalue weighted by atomic mass is 16.5.